The van der Waals surface area contributed by atoms with E-state index < -0.39 is 33.5 Å². The average molecular weight is 354 g/mol. The smallest absolute Gasteiger partial charge is 0.207 e. The summed E-state index contributed by atoms with van der Waals surface area (Å²) in [6, 6.07) is 1.50. The van der Waals surface area contributed by atoms with Crippen molar-refractivity contribution in [2.45, 2.75) is 17.0 Å². The van der Waals surface area contributed by atoms with Crippen LogP contribution in [0.4, 0.5) is 17.6 Å². The summed E-state index contributed by atoms with van der Waals surface area (Å²) < 4.78 is 74.0. The lowest BCUT2D eigenvalue weighted by Gasteiger charge is -2.19. The summed E-state index contributed by atoms with van der Waals surface area (Å²) in [7, 11) is -3.74. The largest absolute Gasteiger partial charge is 0.402 e. The minimum atomic E-state index is -4.71. The molecule has 114 valence electrons. The van der Waals surface area contributed by atoms with Gasteiger partial charge < -0.3 is 0 Å². The van der Waals surface area contributed by atoms with Gasteiger partial charge in [0, 0.05) is 12.9 Å². The van der Waals surface area contributed by atoms with Crippen LogP contribution in [0.2, 0.25) is 5.02 Å². The summed E-state index contributed by atoms with van der Waals surface area (Å²) in [5.41, 5.74) is -0.0210. The average Bonchev–Trinajstić information content (AvgIpc) is 2.30. The van der Waals surface area contributed by atoms with Crippen molar-refractivity contribution in [2.24, 2.45) is 0 Å². The van der Waals surface area contributed by atoms with Gasteiger partial charge in [-0.25, -0.2) is 12.8 Å². The van der Waals surface area contributed by atoms with E-state index in [1.54, 1.807) is 0 Å². The van der Waals surface area contributed by atoms with Crippen LogP contribution in [0.15, 0.2) is 17.0 Å². The lowest BCUT2D eigenvalue weighted by atomic mass is 10.2. The molecule has 0 N–H and O–H groups in total. The van der Waals surface area contributed by atoms with Crippen LogP contribution >= 0.6 is 23.2 Å². The van der Waals surface area contributed by atoms with Crippen molar-refractivity contribution in [1.29, 1.82) is 0 Å². The standard InChI is InChI=1S/C10H9Cl2F4NO2S/c1-17(5-10(14,15)16)20(18,19)7-2-6(4-11)9(12)8(13)3-7/h2-3H,4-5H2,1H3. The fraction of sp³-hybridized carbons (Fsp3) is 0.400. The maximum atomic E-state index is 13.5. The highest BCUT2D eigenvalue weighted by atomic mass is 35.5. The molecule has 0 aromatic heterocycles. The number of hydrogen-bond acceptors (Lipinski definition) is 2. The van der Waals surface area contributed by atoms with Gasteiger partial charge in [0.05, 0.1) is 9.92 Å². The first kappa shape index (κ1) is 17.5. The van der Waals surface area contributed by atoms with E-state index in [1.165, 1.54) is 0 Å². The van der Waals surface area contributed by atoms with Crippen molar-refractivity contribution in [2.75, 3.05) is 13.6 Å². The summed E-state index contributed by atoms with van der Waals surface area (Å²) in [6.07, 6.45) is -4.71. The first-order valence-corrected chi connectivity index (χ1v) is 7.41. The Labute approximate surface area is 123 Å². The molecule has 1 rings (SSSR count). The van der Waals surface area contributed by atoms with Gasteiger partial charge in [-0.05, 0) is 17.7 Å². The second-order valence-corrected chi connectivity index (χ2v) is 6.58. The second kappa shape index (κ2) is 6.05. The molecule has 0 fully saturated rings. The van der Waals surface area contributed by atoms with Crippen molar-refractivity contribution in [3.05, 3.63) is 28.5 Å². The molecule has 0 bridgehead atoms. The van der Waals surface area contributed by atoms with Gasteiger partial charge in [0.1, 0.15) is 12.4 Å². The predicted molar refractivity (Wildman–Crippen MR) is 66.8 cm³/mol. The first-order chi connectivity index (χ1) is 8.99. The topological polar surface area (TPSA) is 37.4 Å². The maximum Gasteiger partial charge on any atom is 0.402 e. The quantitative estimate of drug-likeness (QED) is 0.614. The number of nitrogens with zero attached hydrogens (tertiary/aromatic N) is 1. The lowest BCUT2D eigenvalue weighted by Crippen LogP contribution is -2.35. The molecule has 0 aliphatic heterocycles. The van der Waals surface area contributed by atoms with Crippen LogP contribution in [0.5, 0.6) is 0 Å². The highest BCUT2D eigenvalue weighted by Crippen LogP contribution is 2.28. The summed E-state index contributed by atoms with van der Waals surface area (Å²) >= 11 is 11.0. The van der Waals surface area contributed by atoms with Crippen molar-refractivity contribution in [3.8, 4) is 0 Å². The molecule has 0 aliphatic carbocycles. The summed E-state index contributed by atoms with van der Waals surface area (Å²) in [5, 5.41) is -0.363. The van der Waals surface area contributed by atoms with Crippen molar-refractivity contribution < 1.29 is 26.0 Å². The van der Waals surface area contributed by atoms with Gasteiger partial charge in [-0.1, -0.05) is 11.6 Å². The van der Waals surface area contributed by atoms with E-state index >= 15 is 0 Å². The number of benzene rings is 1. The number of alkyl halides is 4. The number of rotatable bonds is 4. The Bertz CT molecular complexity index is 604. The zero-order valence-corrected chi connectivity index (χ0v) is 12.3. The van der Waals surface area contributed by atoms with Gasteiger partial charge >= 0.3 is 6.18 Å². The Hall–Kier alpha value is -0.570. The maximum absolute atomic E-state index is 13.5. The monoisotopic (exact) mass is 353 g/mol. The van der Waals surface area contributed by atoms with Crippen LogP contribution in [-0.4, -0.2) is 32.5 Å². The molecule has 0 amide bonds. The van der Waals surface area contributed by atoms with Crippen LogP contribution in [0.3, 0.4) is 0 Å². The van der Waals surface area contributed by atoms with E-state index in [-0.39, 0.29) is 20.8 Å². The van der Waals surface area contributed by atoms with Crippen molar-refractivity contribution in [3.63, 3.8) is 0 Å². The second-order valence-electron chi connectivity index (χ2n) is 3.89. The van der Waals surface area contributed by atoms with Crippen LogP contribution < -0.4 is 0 Å². The Balaban J connectivity index is 3.26. The van der Waals surface area contributed by atoms with E-state index in [9.17, 15) is 26.0 Å². The van der Waals surface area contributed by atoms with E-state index in [0.29, 0.717) is 6.07 Å². The molecule has 20 heavy (non-hydrogen) atoms. The molecule has 0 saturated heterocycles. The van der Waals surface area contributed by atoms with E-state index in [1.807, 2.05) is 0 Å². The molecule has 0 heterocycles. The minimum Gasteiger partial charge on any atom is -0.207 e. The van der Waals surface area contributed by atoms with Gasteiger partial charge in [0.25, 0.3) is 0 Å². The summed E-state index contributed by atoms with van der Waals surface area (Å²) in [5.74, 6) is -1.34. The zero-order valence-electron chi connectivity index (χ0n) is 10.0. The molecule has 0 radical (unpaired) electrons. The first-order valence-electron chi connectivity index (χ1n) is 5.06. The number of halogens is 6. The summed E-state index contributed by atoms with van der Waals surface area (Å²) in [4.78, 5) is -0.637. The number of hydrogen-bond donors (Lipinski definition) is 0. The third-order valence-corrected chi connectivity index (χ3v) is 4.82. The Morgan fingerprint density at radius 1 is 1.30 bits per heavy atom. The molecular formula is C10H9Cl2F4NO2S. The van der Waals surface area contributed by atoms with Crippen LogP contribution in [0.25, 0.3) is 0 Å². The van der Waals surface area contributed by atoms with Gasteiger partial charge in [-0.15, -0.1) is 11.6 Å². The van der Waals surface area contributed by atoms with Crippen LogP contribution in [-0.2, 0) is 15.9 Å². The minimum absolute atomic E-state index is 0.0210. The zero-order chi connectivity index (χ0) is 15.7. The molecule has 1 aromatic rings. The highest BCUT2D eigenvalue weighted by molar-refractivity contribution is 7.89. The summed E-state index contributed by atoms with van der Waals surface area (Å²) in [6.45, 7) is -1.68. The van der Waals surface area contributed by atoms with Crippen molar-refractivity contribution >= 4 is 33.2 Å². The Morgan fingerprint density at radius 2 is 1.85 bits per heavy atom. The van der Waals surface area contributed by atoms with E-state index in [4.69, 9.17) is 23.2 Å². The van der Waals surface area contributed by atoms with E-state index in [2.05, 4.69) is 0 Å². The molecular weight excluding hydrogens is 345 g/mol. The normalized spacial score (nSPS) is 13.0. The van der Waals surface area contributed by atoms with Crippen molar-refractivity contribution in [1.82, 2.24) is 4.31 Å². The molecule has 0 saturated carbocycles. The molecule has 0 spiro atoms. The molecule has 3 nitrogen and oxygen atoms in total. The third-order valence-electron chi connectivity index (χ3n) is 2.33. The SMILES string of the molecule is CN(CC(F)(F)F)S(=O)(=O)c1cc(F)c(Cl)c(CCl)c1. The number of sulfonamides is 1. The molecule has 0 aliphatic rings. The van der Waals surface area contributed by atoms with Crippen LogP contribution in [0.1, 0.15) is 5.56 Å². The van der Waals surface area contributed by atoms with Gasteiger partial charge in [0.15, 0.2) is 0 Å². The van der Waals surface area contributed by atoms with Gasteiger partial charge in [0.2, 0.25) is 10.0 Å². The lowest BCUT2D eigenvalue weighted by molar-refractivity contribution is -0.134. The van der Waals surface area contributed by atoms with Gasteiger partial charge in [-0.2, -0.15) is 17.5 Å². The fourth-order valence-electron chi connectivity index (χ4n) is 1.38. The Morgan fingerprint density at radius 3 is 2.30 bits per heavy atom. The molecule has 0 atom stereocenters. The third kappa shape index (κ3) is 3.97. The molecule has 1 aromatic carbocycles. The van der Waals surface area contributed by atoms with Gasteiger partial charge in [-0.3, -0.25) is 0 Å². The molecule has 10 heteroatoms. The van der Waals surface area contributed by atoms with E-state index in [0.717, 1.165) is 13.1 Å². The van der Waals surface area contributed by atoms with Crippen LogP contribution in [0, 0.1) is 5.82 Å². The highest BCUT2D eigenvalue weighted by Gasteiger charge is 2.35. The molecule has 0 unspecified atom stereocenters. The fourth-order valence-corrected chi connectivity index (χ4v) is 3.06. The predicted octanol–water partition coefficient (Wildman–Crippen LogP) is 3.40. The Kier molecular flexibility index (Phi) is 5.29.